The first kappa shape index (κ1) is 29.9. The second kappa shape index (κ2) is 9.62. The summed E-state index contributed by atoms with van der Waals surface area (Å²) in [4.78, 5) is 30.7. The molecule has 0 fully saturated rings. The average molecular weight is 609 g/mol. The van der Waals surface area contributed by atoms with E-state index < -0.39 is 16.2 Å². The summed E-state index contributed by atoms with van der Waals surface area (Å²) in [6.45, 7) is 14.0. The van der Waals surface area contributed by atoms with Gasteiger partial charge in [-0.3, -0.25) is 9.59 Å². The summed E-state index contributed by atoms with van der Waals surface area (Å²) in [6, 6.07) is 24.9. The lowest BCUT2D eigenvalue weighted by Crippen LogP contribution is -2.42. The van der Waals surface area contributed by atoms with Gasteiger partial charge in [-0.1, -0.05) is 95.0 Å². The number of carbonyl (C=O) groups is 2. The molecule has 4 aromatic carbocycles. The quantitative estimate of drug-likeness (QED) is 0.179. The molecule has 0 atom stereocenters. The normalized spacial score (nSPS) is 20.5. The third-order valence-corrected chi connectivity index (χ3v) is 10.3. The van der Waals surface area contributed by atoms with E-state index in [1.807, 2.05) is 63.7 Å². The fourth-order valence-electron chi connectivity index (χ4n) is 8.11. The molecule has 2 aliphatic heterocycles. The lowest BCUT2D eigenvalue weighted by molar-refractivity contribution is -0.401. The third-order valence-electron chi connectivity index (χ3n) is 10.3. The van der Waals surface area contributed by atoms with Crippen LogP contribution in [0, 0.1) is 5.41 Å². The SMILES string of the molecule is CN1/C(=C/C2=C([O-])C(=C(/C(=O)C(C)(C)C)C3=[N+](C)c4ccc5ccccc5c4C3(C)C)/C2=O)C(C)(C)c2c1ccc1ccccc21. The molecule has 0 aromatic heterocycles. The van der Waals surface area contributed by atoms with E-state index in [1.54, 1.807) is 6.08 Å². The van der Waals surface area contributed by atoms with E-state index in [0.29, 0.717) is 5.71 Å². The Labute approximate surface area is 270 Å². The number of benzene rings is 4. The van der Waals surface area contributed by atoms with Crippen LogP contribution in [0.3, 0.4) is 0 Å². The highest BCUT2D eigenvalue weighted by Gasteiger charge is 2.52. The van der Waals surface area contributed by atoms with Crippen molar-refractivity contribution >= 4 is 50.2 Å². The molecule has 0 amide bonds. The van der Waals surface area contributed by atoms with Crippen LogP contribution in [-0.2, 0) is 20.4 Å². The predicted octanol–water partition coefficient (Wildman–Crippen LogP) is 7.42. The average Bonchev–Trinajstić information content (AvgIpc) is 3.34. The van der Waals surface area contributed by atoms with Crippen molar-refractivity contribution in [3.05, 3.63) is 118 Å². The maximum atomic E-state index is 14.4. The lowest BCUT2D eigenvalue weighted by Gasteiger charge is -2.35. The zero-order valence-electron chi connectivity index (χ0n) is 28.1. The van der Waals surface area contributed by atoms with Crippen LogP contribution in [0.15, 0.2) is 107 Å². The fourth-order valence-corrected chi connectivity index (χ4v) is 8.11. The summed E-state index contributed by atoms with van der Waals surface area (Å²) in [5, 5.41) is 18.7. The van der Waals surface area contributed by atoms with Crippen LogP contribution >= 0.6 is 0 Å². The molecule has 0 saturated heterocycles. The summed E-state index contributed by atoms with van der Waals surface area (Å²) < 4.78 is 2.01. The van der Waals surface area contributed by atoms with Crippen LogP contribution in [0.4, 0.5) is 11.4 Å². The standard InChI is InChI=1S/C41H40N2O3/c1-39(2,3)38(46)32(37-41(6,7)34-26-17-13-11-15-24(26)19-21-29(34)43(37)9)31-35(44)27(36(31)45)22-30-40(4,5)33-25-16-12-10-14-23(25)18-20-28(33)42(30)8/h10-22H,1-9H3. The van der Waals surface area contributed by atoms with E-state index in [2.05, 4.69) is 81.1 Å². The smallest absolute Gasteiger partial charge is 0.210 e. The molecule has 4 aromatic rings. The molecule has 0 bridgehead atoms. The molecule has 1 aliphatic carbocycles. The third kappa shape index (κ3) is 3.90. The number of hydrogen-bond donors (Lipinski definition) is 0. The van der Waals surface area contributed by atoms with E-state index in [1.165, 1.54) is 5.56 Å². The molecule has 46 heavy (non-hydrogen) atoms. The van der Waals surface area contributed by atoms with Crippen molar-refractivity contribution in [3.63, 3.8) is 0 Å². The molecule has 2 heterocycles. The van der Waals surface area contributed by atoms with Gasteiger partial charge in [0.15, 0.2) is 11.6 Å². The van der Waals surface area contributed by atoms with Gasteiger partial charge in [-0.15, -0.1) is 0 Å². The Bertz CT molecular complexity index is 2200. The van der Waals surface area contributed by atoms with Crippen LogP contribution in [0.2, 0.25) is 0 Å². The van der Waals surface area contributed by atoms with Crippen molar-refractivity contribution in [1.29, 1.82) is 0 Å². The molecular formula is C41H40N2O3. The van der Waals surface area contributed by atoms with E-state index in [0.717, 1.165) is 44.2 Å². The lowest BCUT2D eigenvalue weighted by atomic mass is 9.69. The van der Waals surface area contributed by atoms with Gasteiger partial charge in [0, 0.05) is 52.0 Å². The van der Waals surface area contributed by atoms with Gasteiger partial charge in [-0.25, -0.2) is 0 Å². The van der Waals surface area contributed by atoms with Crippen LogP contribution in [-0.4, -0.2) is 35.9 Å². The number of anilines is 1. The molecule has 3 aliphatic rings. The van der Waals surface area contributed by atoms with E-state index in [9.17, 15) is 14.7 Å². The van der Waals surface area contributed by atoms with Gasteiger partial charge in [0.05, 0.1) is 11.0 Å². The minimum absolute atomic E-state index is 0.000215. The molecule has 7 rings (SSSR count). The van der Waals surface area contributed by atoms with Crippen LogP contribution < -0.4 is 10.0 Å². The minimum atomic E-state index is -0.811. The van der Waals surface area contributed by atoms with E-state index >= 15 is 0 Å². The fraction of sp³-hybridized carbons (Fsp3) is 0.293. The molecule has 0 spiro atoms. The van der Waals surface area contributed by atoms with Gasteiger partial charge in [0.2, 0.25) is 11.4 Å². The summed E-state index contributed by atoms with van der Waals surface area (Å²) in [6.07, 6.45) is 1.76. The number of nitrogens with zero attached hydrogens (tertiary/aromatic N) is 2. The van der Waals surface area contributed by atoms with Gasteiger partial charge in [0.25, 0.3) is 0 Å². The zero-order chi connectivity index (χ0) is 33.1. The Kier molecular flexibility index (Phi) is 6.26. The maximum Gasteiger partial charge on any atom is 0.210 e. The Morgan fingerprint density at radius 2 is 1.39 bits per heavy atom. The molecule has 5 heteroatoms. The Balaban J connectivity index is 1.42. The van der Waals surface area contributed by atoms with Gasteiger partial charge < -0.3 is 10.0 Å². The van der Waals surface area contributed by atoms with Crippen molar-refractivity contribution in [1.82, 2.24) is 0 Å². The first-order chi connectivity index (χ1) is 21.6. The van der Waals surface area contributed by atoms with Crippen molar-refractivity contribution < 1.29 is 19.3 Å². The number of fused-ring (bicyclic) bond motifs is 6. The monoisotopic (exact) mass is 608 g/mol. The first-order valence-electron chi connectivity index (χ1n) is 16.0. The number of carbonyl (C=O) groups excluding carboxylic acids is 2. The summed E-state index contributed by atoms with van der Waals surface area (Å²) in [5.74, 6) is -0.944. The summed E-state index contributed by atoms with van der Waals surface area (Å²) >= 11 is 0. The Morgan fingerprint density at radius 3 is 1.98 bits per heavy atom. The minimum Gasteiger partial charge on any atom is -0.871 e. The van der Waals surface area contributed by atoms with Crippen molar-refractivity contribution in [2.24, 2.45) is 5.41 Å². The van der Waals surface area contributed by atoms with Crippen LogP contribution in [0.5, 0.6) is 0 Å². The largest absolute Gasteiger partial charge is 0.871 e. The zero-order valence-corrected chi connectivity index (χ0v) is 28.1. The van der Waals surface area contributed by atoms with Gasteiger partial charge in [-0.05, 0) is 59.2 Å². The van der Waals surface area contributed by atoms with Gasteiger partial charge in [0.1, 0.15) is 7.05 Å². The van der Waals surface area contributed by atoms with Crippen molar-refractivity contribution in [2.75, 3.05) is 19.0 Å². The number of hydrogen-bond acceptors (Lipinski definition) is 4. The highest BCUT2D eigenvalue weighted by Crippen LogP contribution is 2.52. The molecule has 232 valence electrons. The van der Waals surface area contributed by atoms with Gasteiger partial charge in [-0.2, -0.15) is 4.58 Å². The maximum absolute atomic E-state index is 14.4. The molecule has 0 N–H and O–H groups in total. The number of allylic oxidation sites excluding steroid dienone is 5. The number of rotatable bonds is 3. The summed E-state index contributed by atoms with van der Waals surface area (Å²) in [7, 11) is 3.92. The highest BCUT2D eigenvalue weighted by molar-refractivity contribution is 6.35. The van der Waals surface area contributed by atoms with Crippen LogP contribution in [0.1, 0.15) is 59.6 Å². The second-order valence-electron chi connectivity index (χ2n) is 15.0. The molecule has 5 nitrogen and oxygen atoms in total. The number of likely N-dealkylation sites (N-methyl/N-ethyl adjacent to an activating group) is 1. The molecule has 0 saturated carbocycles. The second-order valence-corrected chi connectivity index (χ2v) is 15.0. The van der Waals surface area contributed by atoms with E-state index in [4.69, 9.17) is 0 Å². The number of Topliss-reactive ketones (excluding diaryl/α,β-unsaturated/α-hetero) is 2. The molecule has 0 unspecified atom stereocenters. The van der Waals surface area contributed by atoms with E-state index in [-0.39, 0.29) is 34.0 Å². The number of ketones is 2. The predicted molar refractivity (Wildman–Crippen MR) is 185 cm³/mol. The Hall–Kier alpha value is -4.77. The summed E-state index contributed by atoms with van der Waals surface area (Å²) in [5.41, 5.74) is 4.34. The van der Waals surface area contributed by atoms with Crippen LogP contribution in [0.25, 0.3) is 21.5 Å². The first-order valence-corrected chi connectivity index (χ1v) is 16.0. The van der Waals surface area contributed by atoms with Crippen molar-refractivity contribution in [3.8, 4) is 0 Å². The molecule has 0 radical (unpaired) electrons. The Morgan fingerprint density at radius 1 is 0.826 bits per heavy atom. The highest BCUT2D eigenvalue weighted by atomic mass is 16.3. The van der Waals surface area contributed by atoms with Gasteiger partial charge >= 0.3 is 0 Å². The topological polar surface area (TPSA) is 63.4 Å². The van der Waals surface area contributed by atoms with Crippen molar-refractivity contribution in [2.45, 2.75) is 59.3 Å². The molecular weight excluding hydrogens is 568 g/mol.